The van der Waals surface area contributed by atoms with Crippen molar-refractivity contribution in [3.63, 3.8) is 0 Å². The number of aryl methyl sites for hydroxylation is 1. The van der Waals surface area contributed by atoms with E-state index in [1.54, 1.807) is 0 Å². The molecule has 1 aliphatic heterocycles. The summed E-state index contributed by atoms with van der Waals surface area (Å²) in [5.41, 5.74) is 12.6. The van der Waals surface area contributed by atoms with Crippen LogP contribution in [0.15, 0.2) is 42.0 Å². The van der Waals surface area contributed by atoms with Crippen LogP contribution in [0.1, 0.15) is 63.1 Å². The Morgan fingerprint density at radius 1 is 1.09 bits per heavy atom. The minimum Gasteiger partial charge on any atom is -0.494 e. The highest BCUT2D eigenvalue weighted by molar-refractivity contribution is 5.88. The van der Waals surface area contributed by atoms with Gasteiger partial charge in [-0.3, -0.25) is 4.79 Å². The standard InChI is InChI=1S/C28H38N2O4/c1-4-12-32-13-6-8-21-15-22-17-24(16-21)34-19-27(31)30-11-7-14-33-23-9-10-26(29)25(18-23)28(22)20(3)5-2/h9-10,15-18H,4-8,11-14,19,29H2,1-3H3,(H,30,31). The van der Waals surface area contributed by atoms with E-state index in [1.165, 1.54) is 5.57 Å². The van der Waals surface area contributed by atoms with E-state index in [9.17, 15) is 4.79 Å². The summed E-state index contributed by atoms with van der Waals surface area (Å²) in [4.78, 5) is 12.3. The number of benzene rings is 2. The Morgan fingerprint density at radius 2 is 1.94 bits per heavy atom. The van der Waals surface area contributed by atoms with Gasteiger partial charge in [0.1, 0.15) is 11.5 Å². The predicted octanol–water partition coefficient (Wildman–Crippen LogP) is 5.14. The molecular weight excluding hydrogens is 428 g/mol. The number of carbonyl (C=O) groups excluding carboxylic acids is 1. The fourth-order valence-corrected chi connectivity index (χ4v) is 4.00. The van der Waals surface area contributed by atoms with Crippen LogP contribution in [0.4, 0.5) is 5.69 Å². The molecule has 0 unspecified atom stereocenters. The van der Waals surface area contributed by atoms with Gasteiger partial charge in [0.15, 0.2) is 6.61 Å². The second-order valence-electron chi connectivity index (χ2n) is 8.68. The van der Waals surface area contributed by atoms with E-state index in [0.717, 1.165) is 66.9 Å². The van der Waals surface area contributed by atoms with Crippen molar-refractivity contribution in [1.29, 1.82) is 0 Å². The highest BCUT2D eigenvalue weighted by atomic mass is 16.5. The van der Waals surface area contributed by atoms with Gasteiger partial charge in [-0.15, -0.1) is 0 Å². The van der Waals surface area contributed by atoms with Crippen molar-refractivity contribution in [1.82, 2.24) is 5.32 Å². The molecule has 1 amide bonds. The van der Waals surface area contributed by atoms with Gasteiger partial charge in [-0.2, -0.15) is 0 Å². The van der Waals surface area contributed by atoms with E-state index in [4.69, 9.17) is 19.9 Å². The minimum absolute atomic E-state index is 0.0228. The first kappa shape index (κ1) is 25.6. The molecule has 4 bridgehead atoms. The number of fused-ring (bicyclic) bond motifs is 4. The summed E-state index contributed by atoms with van der Waals surface area (Å²) in [7, 11) is 0. The molecule has 3 rings (SSSR count). The van der Waals surface area contributed by atoms with Crippen LogP contribution in [0.3, 0.4) is 0 Å². The third kappa shape index (κ3) is 7.26. The van der Waals surface area contributed by atoms with Gasteiger partial charge >= 0.3 is 0 Å². The molecule has 1 heterocycles. The lowest BCUT2D eigenvalue weighted by atomic mass is 9.89. The van der Waals surface area contributed by atoms with Gasteiger partial charge in [-0.05, 0) is 86.1 Å². The van der Waals surface area contributed by atoms with Gasteiger partial charge in [-0.25, -0.2) is 0 Å². The van der Waals surface area contributed by atoms with E-state index in [-0.39, 0.29) is 12.5 Å². The van der Waals surface area contributed by atoms with Crippen LogP contribution in [0, 0.1) is 0 Å². The summed E-state index contributed by atoms with van der Waals surface area (Å²) >= 11 is 0. The van der Waals surface area contributed by atoms with Crippen LogP contribution >= 0.6 is 0 Å². The smallest absolute Gasteiger partial charge is 0.257 e. The first-order valence-electron chi connectivity index (χ1n) is 12.4. The van der Waals surface area contributed by atoms with Gasteiger partial charge in [0.2, 0.25) is 0 Å². The van der Waals surface area contributed by atoms with Crippen molar-refractivity contribution in [2.45, 2.75) is 52.9 Å². The highest BCUT2D eigenvalue weighted by Crippen LogP contribution is 2.36. The van der Waals surface area contributed by atoms with Crippen LogP contribution in [-0.2, 0) is 16.0 Å². The molecule has 3 N–H and O–H groups in total. The van der Waals surface area contributed by atoms with E-state index in [1.807, 2.05) is 30.3 Å². The van der Waals surface area contributed by atoms with E-state index in [0.29, 0.717) is 31.0 Å². The van der Waals surface area contributed by atoms with Crippen LogP contribution < -0.4 is 20.5 Å². The molecule has 0 saturated carbocycles. The quantitative estimate of drug-likeness (QED) is 0.436. The third-order valence-corrected chi connectivity index (χ3v) is 5.89. The molecule has 6 nitrogen and oxygen atoms in total. The number of allylic oxidation sites excluding steroid dienone is 1. The number of rotatable bonds is 7. The van der Waals surface area contributed by atoms with Crippen molar-refractivity contribution in [2.24, 2.45) is 0 Å². The van der Waals surface area contributed by atoms with Gasteiger partial charge in [0.25, 0.3) is 5.91 Å². The van der Waals surface area contributed by atoms with Crippen LogP contribution in [0.2, 0.25) is 0 Å². The maximum atomic E-state index is 12.3. The van der Waals surface area contributed by atoms with Crippen molar-refractivity contribution < 1.29 is 19.0 Å². The zero-order valence-electron chi connectivity index (χ0n) is 20.7. The lowest BCUT2D eigenvalue weighted by molar-refractivity contribution is -0.123. The number of amides is 1. The Kier molecular flexibility index (Phi) is 9.83. The number of ether oxygens (including phenoxy) is 3. The Labute approximate surface area is 203 Å². The molecule has 184 valence electrons. The molecule has 0 radical (unpaired) electrons. The molecule has 0 spiro atoms. The highest BCUT2D eigenvalue weighted by Gasteiger charge is 2.16. The van der Waals surface area contributed by atoms with E-state index < -0.39 is 0 Å². The summed E-state index contributed by atoms with van der Waals surface area (Å²) in [6, 6.07) is 12.1. The SMILES string of the molecule is CCCOCCCc1cc2cc(c1)C(=C(C)CC)c1cc(ccc1N)OCCCNC(=O)CO2. The van der Waals surface area contributed by atoms with Crippen molar-refractivity contribution in [2.75, 3.05) is 38.7 Å². The molecule has 0 saturated heterocycles. The van der Waals surface area contributed by atoms with Crippen molar-refractivity contribution in [3.8, 4) is 11.5 Å². The van der Waals surface area contributed by atoms with Crippen LogP contribution in [0.25, 0.3) is 5.57 Å². The Balaban J connectivity index is 2.05. The number of nitrogens with one attached hydrogen (secondary N) is 1. The molecule has 34 heavy (non-hydrogen) atoms. The number of hydrogen-bond acceptors (Lipinski definition) is 5. The largest absolute Gasteiger partial charge is 0.494 e. The van der Waals surface area contributed by atoms with Crippen molar-refractivity contribution in [3.05, 3.63) is 58.7 Å². The molecule has 0 aliphatic carbocycles. The maximum absolute atomic E-state index is 12.3. The van der Waals surface area contributed by atoms with Crippen LogP contribution in [0.5, 0.6) is 11.5 Å². The number of hydrogen-bond donors (Lipinski definition) is 2. The molecule has 0 atom stereocenters. The zero-order chi connectivity index (χ0) is 24.3. The summed E-state index contributed by atoms with van der Waals surface area (Å²) in [5, 5.41) is 2.89. The normalized spacial score (nSPS) is 15.9. The third-order valence-electron chi connectivity index (χ3n) is 5.89. The molecule has 0 aromatic heterocycles. The molecule has 6 heteroatoms. The first-order valence-corrected chi connectivity index (χ1v) is 12.4. The van der Waals surface area contributed by atoms with Crippen LogP contribution in [-0.4, -0.2) is 38.9 Å². The molecule has 0 fully saturated rings. The second-order valence-corrected chi connectivity index (χ2v) is 8.68. The summed E-state index contributed by atoms with van der Waals surface area (Å²) in [6.45, 7) is 8.91. The average molecular weight is 467 g/mol. The Bertz CT molecular complexity index is 1000. The average Bonchev–Trinajstić information content (AvgIpc) is 2.84. The topological polar surface area (TPSA) is 82.8 Å². The van der Waals surface area contributed by atoms with E-state index >= 15 is 0 Å². The minimum atomic E-state index is -0.139. The van der Waals surface area contributed by atoms with Crippen molar-refractivity contribution >= 4 is 17.2 Å². The number of nitrogens with two attached hydrogens (primary N) is 1. The number of carbonyl (C=O) groups is 1. The molecule has 2 aromatic carbocycles. The predicted molar refractivity (Wildman–Crippen MR) is 137 cm³/mol. The van der Waals surface area contributed by atoms with Gasteiger partial charge in [0.05, 0.1) is 6.61 Å². The maximum Gasteiger partial charge on any atom is 0.257 e. The summed E-state index contributed by atoms with van der Waals surface area (Å²) in [6.07, 6.45) is 4.38. The first-order chi connectivity index (χ1) is 16.5. The fourth-order valence-electron chi connectivity index (χ4n) is 4.00. The molecule has 2 aromatic rings. The Hall–Kier alpha value is -2.99. The van der Waals surface area contributed by atoms with Gasteiger partial charge in [0, 0.05) is 31.0 Å². The summed E-state index contributed by atoms with van der Waals surface area (Å²) < 4.78 is 17.6. The van der Waals surface area contributed by atoms with Gasteiger partial charge in [-0.1, -0.05) is 25.5 Å². The number of anilines is 1. The van der Waals surface area contributed by atoms with E-state index in [2.05, 4.69) is 32.2 Å². The lowest BCUT2D eigenvalue weighted by Crippen LogP contribution is -2.30. The monoisotopic (exact) mass is 466 g/mol. The fraction of sp³-hybridized carbons (Fsp3) is 0.464. The summed E-state index contributed by atoms with van der Waals surface area (Å²) in [5.74, 6) is 1.31. The number of nitrogen functional groups attached to an aromatic ring is 1. The Morgan fingerprint density at radius 3 is 2.74 bits per heavy atom. The second kappa shape index (κ2) is 13.0. The lowest BCUT2D eigenvalue weighted by Gasteiger charge is -2.18. The van der Waals surface area contributed by atoms with Gasteiger partial charge < -0.3 is 25.3 Å². The molecular formula is C28H38N2O4. The zero-order valence-corrected chi connectivity index (χ0v) is 20.7. The molecule has 1 aliphatic rings.